The quantitative estimate of drug-likeness (QED) is 0.0201. The summed E-state index contributed by atoms with van der Waals surface area (Å²) < 4.78 is 53.9. The van der Waals surface area contributed by atoms with E-state index in [0.717, 1.165) is 72.8 Å². The largest absolute Gasteiger partial charge is 0.457 e. The Morgan fingerprint density at radius 2 is 1.49 bits per heavy atom. The van der Waals surface area contributed by atoms with Crippen molar-refractivity contribution in [3.63, 3.8) is 0 Å². The number of ether oxygens (including phenoxy) is 5. The van der Waals surface area contributed by atoms with Crippen LogP contribution in [0, 0.1) is 11.8 Å². The molecule has 70 heavy (non-hydrogen) atoms. The summed E-state index contributed by atoms with van der Waals surface area (Å²) in [5.74, 6) is -0.291. The first-order valence-electron chi connectivity index (χ1n) is 28.1. The molecule has 0 saturated carbocycles. The molecule has 3 aliphatic rings. The van der Waals surface area contributed by atoms with Crippen molar-refractivity contribution in [1.29, 1.82) is 0 Å². The first kappa shape index (κ1) is 62.6. The normalized spacial score (nSPS) is 28.3. The van der Waals surface area contributed by atoms with Gasteiger partial charge in [-0.3, -0.25) is 4.79 Å². The molecule has 0 aromatic heterocycles. The second-order valence-corrected chi connectivity index (χ2v) is 35.5. The summed E-state index contributed by atoms with van der Waals surface area (Å²) in [7, 11) is -6.01. The Morgan fingerprint density at radius 1 is 0.900 bits per heavy atom. The van der Waals surface area contributed by atoms with Gasteiger partial charge >= 0.3 is 12.1 Å². The zero-order valence-electron chi connectivity index (χ0n) is 47.5. The lowest BCUT2D eigenvalue weighted by Crippen LogP contribution is -2.52. The molecule has 0 spiro atoms. The highest BCUT2D eigenvalue weighted by atomic mass is 28.4. The standard InChI is InChI=1S/C55H104N2O10Si3/c1-18-47(66-69(23-6,24-7)25-8)44(14)52-48(61-52)41-54(16,67-70(26-9,27-10)28-11)34-29-30-42(12)51-43(13)31-32-49(62-53(59)57-38-36-56-37-39-57)55(17,64-45(15)60-19-2)35-33-46(40-50(58)63-51)65-68(20-3,21-4)22-5/h29-32,34,43-49,51-52,56H,18-28,33,35-41H2,1-17H3/b32-31+,34-29+,42-30+/t43-,44+,45?,46+,47-,48-,49+,51+,52-,54-,55+/m0/s1. The summed E-state index contributed by atoms with van der Waals surface area (Å²) in [6.45, 7) is 40.1. The number of epoxide rings is 1. The number of carbonyl (C=O) groups excluding carboxylic acids is 2. The van der Waals surface area contributed by atoms with Crippen LogP contribution >= 0.6 is 0 Å². The summed E-state index contributed by atoms with van der Waals surface area (Å²) in [6.07, 6.45) is 10.9. The van der Waals surface area contributed by atoms with E-state index in [-0.39, 0.29) is 48.6 Å². The van der Waals surface area contributed by atoms with E-state index in [1.165, 1.54) is 0 Å². The van der Waals surface area contributed by atoms with Crippen molar-refractivity contribution in [3.8, 4) is 0 Å². The molecule has 0 aromatic carbocycles. The average molecular weight is 1040 g/mol. The Balaban J connectivity index is 2.09. The minimum atomic E-state index is -2.16. The molecule has 406 valence electrons. The van der Waals surface area contributed by atoms with E-state index in [1.807, 2.05) is 39.8 Å². The summed E-state index contributed by atoms with van der Waals surface area (Å²) in [4.78, 5) is 30.0. The molecule has 0 aliphatic carbocycles. The highest BCUT2D eigenvalue weighted by Gasteiger charge is 2.51. The molecule has 1 unspecified atom stereocenters. The number of carbonyl (C=O) groups is 2. The number of allylic oxidation sites excluding steroid dienone is 2. The fourth-order valence-electron chi connectivity index (χ4n) is 11.1. The van der Waals surface area contributed by atoms with Gasteiger partial charge in [0, 0.05) is 57.1 Å². The molecule has 3 aliphatic heterocycles. The minimum Gasteiger partial charge on any atom is -0.457 e. The Hall–Kier alpha value is -1.67. The number of nitrogens with one attached hydrogen (secondary N) is 1. The number of esters is 1. The van der Waals surface area contributed by atoms with Gasteiger partial charge in [0.25, 0.3) is 0 Å². The van der Waals surface area contributed by atoms with Gasteiger partial charge in [-0.05, 0) is 120 Å². The van der Waals surface area contributed by atoms with Crippen molar-refractivity contribution < 1.29 is 46.6 Å². The lowest BCUT2D eigenvalue weighted by Gasteiger charge is -2.41. The Kier molecular flexibility index (Phi) is 26.3. The molecule has 15 heteroatoms. The van der Waals surface area contributed by atoms with Crippen LogP contribution < -0.4 is 5.32 Å². The number of piperazine rings is 1. The second-order valence-electron chi connectivity index (χ2n) is 21.3. The Bertz CT molecular complexity index is 1620. The predicted molar refractivity (Wildman–Crippen MR) is 294 cm³/mol. The fourth-order valence-corrected chi connectivity index (χ4v) is 20.1. The minimum absolute atomic E-state index is 0.0768. The maximum absolute atomic E-state index is 14.3. The van der Waals surface area contributed by atoms with E-state index < -0.39 is 60.8 Å². The molecular weight excluding hydrogens is 933 g/mol. The zero-order chi connectivity index (χ0) is 52.3. The van der Waals surface area contributed by atoms with E-state index in [9.17, 15) is 9.59 Å². The van der Waals surface area contributed by atoms with Crippen molar-refractivity contribution >= 4 is 37.0 Å². The van der Waals surface area contributed by atoms with Gasteiger partial charge in [0.1, 0.15) is 11.7 Å². The van der Waals surface area contributed by atoms with Gasteiger partial charge in [-0.15, -0.1) is 0 Å². The van der Waals surface area contributed by atoms with E-state index in [1.54, 1.807) is 4.90 Å². The highest BCUT2D eigenvalue weighted by Crippen LogP contribution is 2.43. The van der Waals surface area contributed by atoms with Crippen LogP contribution in [0.25, 0.3) is 0 Å². The average Bonchev–Trinajstić information content (AvgIpc) is 4.13. The molecule has 12 nitrogen and oxygen atoms in total. The van der Waals surface area contributed by atoms with Gasteiger partial charge < -0.3 is 47.2 Å². The van der Waals surface area contributed by atoms with Crippen LogP contribution in [0.15, 0.2) is 36.0 Å². The van der Waals surface area contributed by atoms with Crippen molar-refractivity contribution in [2.75, 3.05) is 32.8 Å². The number of amides is 1. The smallest absolute Gasteiger partial charge is 0.410 e. The lowest BCUT2D eigenvalue weighted by molar-refractivity contribution is -0.222. The number of hydrogen-bond donors (Lipinski definition) is 1. The lowest BCUT2D eigenvalue weighted by atomic mass is 9.88. The summed E-state index contributed by atoms with van der Waals surface area (Å²) in [6, 6.07) is 9.37. The Labute approximate surface area is 430 Å². The van der Waals surface area contributed by atoms with Crippen molar-refractivity contribution in [3.05, 3.63) is 36.0 Å². The molecule has 0 radical (unpaired) electrons. The third-order valence-electron chi connectivity index (χ3n) is 16.8. The van der Waals surface area contributed by atoms with Crippen LogP contribution in [0.1, 0.15) is 150 Å². The van der Waals surface area contributed by atoms with Crippen LogP contribution in [-0.2, 0) is 41.8 Å². The van der Waals surface area contributed by atoms with Gasteiger partial charge in [-0.2, -0.15) is 0 Å². The van der Waals surface area contributed by atoms with Crippen LogP contribution in [-0.4, -0.2) is 129 Å². The number of nitrogens with zero attached hydrogens (tertiary/aromatic N) is 1. The van der Waals surface area contributed by atoms with E-state index in [2.05, 4.69) is 114 Å². The van der Waals surface area contributed by atoms with Gasteiger partial charge in [-0.25, -0.2) is 4.79 Å². The first-order valence-corrected chi connectivity index (χ1v) is 35.7. The second kappa shape index (κ2) is 29.4. The summed E-state index contributed by atoms with van der Waals surface area (Å²) in [5.41, 5.74) is -0.678. The third-order valence-corrected chi connectivity index (χ3v) is 30.9. The molecule has 11 atom stereocenters. The molecule has 0 aromatic rings. The molecule has 2 saturated heterocycles. The summed E-state index contributed by atoms with van der Waals surface area (Å²) in [5, 5.41) is 3.33. The number of rotatable bonds is 28. The van der Waals surface area contributed by atoms with E-state index >= 15 is 0 Å². The van der Waals surface area contributed by atoms with Gasteiger partial charge in [0.15, 0.2) is 37.3 Å². The van der Waals surface area contributed by atoms with Gasteiger partial charge in [-0.1, -0.05) is 107 Å². The van der Waals surface area contributed by atoms with Crippen LogP contribution in [0.2, 0.25) is 54.4 Å². The number of hydrogen-bond acceptors (Lipinski definition) is 11. The zero-order valence-corrected chi connectivity index (χ0v) is 50.5. The molecule has 1 amide bonds. The van der Waals surface area contributed by atoms with Crippen molar-refractivity contribution in [1.82, 2.24) is 10.2 Å². The third kappa shape index (κ3) is 17.7. The monoisotopic (exact) mass is 1040 g/mol. The van der Waals surface area contributed by atoms with Crippen LogP contribution in [0.5, 0.6) is 0 Å². The SMILES string of the molecule is CCOC(C)O[C@]1(C)CC[C@@H](O[Si](CC)(CC)CC)CC(=O)O[C@H](/C(C)=C/C=C/[C@@](C)(C[C@@H]2O[C@H]2[C@H](C)[C@H](CC)O[Si](CC)(CC)CC)O[Si](CC)(CC)CC)[C@@H](C)/C=C/[C@H]1OC(=O)N1CCNCC1. The fraction of sp³-hybridized carbons (Fsp3) is 0.855. The predicted octanol–water partition coefficient (Wildman–Crippen LogP) is 13.1. The first-order chi connectivity index (χ1) is 33.2. The molecular formula is C55H104N2O10Si3. The molecule has 3 heterocycles. The molecule has 2 fully saturated rings. The van der Waals surface area contributed by atoms with Gasteiger partial charge in [0.05, 0.1) is 30.3 Å². The van der Waals surface area contributed by atoms with Crippen LogP contribution in [0.3, 0.4) is 0 Å². The molecule has 3 rings (SSSR count). The van der Waals surface area contributed by atoms with Crippen molar-refractivity contribution in [2.45, 2.75) is 258 Å². The highest BCUT2D eigenvalue weighted by molar-refractivity contribution is 6.74. The van der Waals surface area contributed by atoms with Gasteiger partial charge in [0.2, 0.25) is 0 Å². The topological polar surface area (TPSA) is 127 Å². The summed E-state index contributed by atoms with van der Waals surface area (Å²) >= 11 is 0. The van der Waals surface area contributed by atoms with Crippen molar-refractivity contribution in [2.24, 2.45) is 11.8 Å². The van der Waals surface area contributed by atoms with E-state index in [0.29, 0.717) is 45.6 Å². The molecule has 0 bridgehead atoms. The number of cyclic esters (lactones) is 1. The van der Waals surface area contributed by atoms with E-state index in [4.69, 9.17) is 37.0 Å². The maximum atomic E-state index is 14.3. The van der Waals surface area contributed by atoms with Crippen LogP contribution in [0.4, 0.5) is 4.79 Å². The molecule has 1 N–H and O–H groups in total. The Morgan fingerprint density at radius 3 is 2.03 bits per heavy atom. The maximum Gasteiger partial charge on any atom is 0.410 e.